The fraction of sp³-hybridized carbons (Fsp3) is 0.0968. The van der Waals surface area contributed by atoms with Crippen LogP contribution in [0.5, 0.6) is 11.5 Å². The molecule has 41 heavy (non-hydrogen) atoms. The number of methoxy groups -OCH3 is 1. The van der Waals surface area contributed by atoms with Crippen molar-refractivity contribution in [2.24, 2.45) is 5.10 Å². The lowest BCUT2D eigenvalue weighted by Crippen LogP contribution is -2.24. The van der Waals surface area contributed by atoms with Crippen molar-refractivity contribution in [2.75, 3.05) is 12.9 Å². The fourth-order valence-electron chi connectivity index (χ4n) is 3.99. The molecular weight excluding hydrogens is 560 g/mol. The first kappa shape index (κ1) is 27.9. The van der Waals surface area contributed by atoms with Crippen molar-refractivity contribution in [1.29, 1.82) is 0 Å². The second-order valence-corrected chi connectivity index (χ2v) is 10.2. The van der Waals surface area contributed by atoms with Crippen LogP contribution in [0.4, 0.5) is 0 Å². The van der Waals surface area contributed by atoms with Crippen LogP contribution in [0.25, 0.3) is 16.6 Å². The van der Waals surface area contributed by atoms with Gasteiger partial charge >= 0.3 is 0 Å². The summed E-state index contributed by atoms with van der Waals surface area (Å²) < 4.78 is 12.8. The quantitative estimate of drug-likeness (QED) is 0.0955. The normalized spacial score (nSPS) is 11.1. The standard InChI is InChI=1S/C31H25ClN4O4S/c1-39-27-16-11-22(17-28(27)40-19-21-7-3-2-4-8-21)18-33-35-29(37)20-41-31-34-26-10-6-5-9-25(26)30(38)36(31)24-14-12-23(32)13-15-24/h2-18H,19-20H2,1H3,(H,35,37)/b33-18+. The zero-order valence-electron chi connectivity index (χ0n) is 22.0. The van der Waals surface area contributed by atoms with Gasteiger partial charge in [-0.25, -0.2) is 10.4 Å². The summed E-state index contributed by atoms with van der Waals surface area (Å²) in [6, 6.07) is 29.2. The average Bonchev–Trinajstić information content (AvgIpc) is 3.00. The molecule has 1 heterocycles. The molecule has 0 saturated carbocycles. The molecule has 0 unspecified atom stereocenters. The molecule has 8 nitrogen and oxygen atoms in total. The number of carbonyl (C=O) groups excluding carboxylic acids is 1. The maximum atomic E-state index is 13.3. The minimum atomic E-state index is -0.356. The van der Waals surface area contributed by atoms with E-state index in [9.17, 15) is 9.59 Å². The van der Waals surface area contributed by atoms with Crippen molar-refractivity contribution >= 4 is 46.4 Å². The number of fused-ring (bicyclic) bond motifs is 1. The van der Waals surface area contributed by atoms with Gasteiger partial charge in [0, 0.05) is 5.02 Å². The minimum Gasteiger partial charge on any atom is -0.493 e. The molecule has 0 atom stereocenters. The number of para-hydroxylation sites is 1. The summed E-state index contributed by atoms with van der Waals surface area (Å²) in [6.07, 6.45) is 1.52. The maximum absolute atomic E-state index is 13.3. The van der Waals surface area contributed by atoms with E-state index in [1.807, 2.05) is 42.5 Å². The fourth-order valence-corrected chi connectivity index (χ4v) is 4.92. The number of ether oxygens (including phenoxy) is 2. The Balaban J connectivity index is 1.27. The highest BCUT2D eigenvalue weighted by molar-refractivity contribution is 7.99. The van der Waals surface area contributed by atoms with E-state index in [2.05, 4.69) is 15.5 Å². The summed E-state index contributed by atoms with van der Waals surface area (Å²) in [5, 5.41) is 5.50. The molecule has 5 aromatic rings. The van der Waals surface area contributed by atoms with Gasteiger partial charge in [0.15, 0.2) is 16.7 Å². The molecular formula is C31H25ClN4O4S. The smallest absolute Gasteiger partial charge is 0.266 e. The van der Waals surface area contributed by atoms with Crippen molar-refractivity contribution in [3.05, 3.63) is 124 Å². The van der Waals surface area contributed by atoms with Crippen molar-refractivity contribution in [2.45, 2.75) is 11.8 Å². The molecule has 1 amide bonds. The molecule has 0 saturated heterocycles. The first-order valence-electron chi connectivity index (χ1n) is 12.6. The Morgan fingerprint density at radius 1 is 1.00 bits per heavy atom. The van der Waals surface area contributed by atoms with Crippen LogP contribution in [0.15, 0.2) is 112 Å². The molecule has 0 aliphatic rings. The number of aromatic nitrogens is 2. The molecule has 5 rings (SSSR count). The molecule has 10 heteroatoms. The molecule has 0 aliphatic heterocycles. The van der Waals surface area contributed by atoms with Crippen molar-refractivity contribution in [3.63, 3.8) is 0 Å². The van der Waals surface area contributed by atoms with E-state index in [0.717, 1.165) is 22.9 Å². The van der Waals surface area contributed by atoms with Gasteiger partial charge < -0.3 is 9.47 Å². The van der Waals surface area contributed by atoms with Crippen LogP contribution in [0.2, 0.25) is 5.02 Å². The number of amides is 1. The van der Waals surface area contributed by atoms with Gasteiger partial charge in [-0.15, -0.1) is 0 Å². The Morgan fingerprint density at radius 2 is 1.76 bits per heavy atom. The number of halogens is 1. The number of benzene rings is 4. The molecule has 0 spiro atoms. The summed E-state index contributed by atoms with van der Waals surface area (Å²) in [7, 11) is 1.58. The van der Waals surface area contributed by atoms with Crippen molar-refractivity contribution in [1.82, 2.24) is 15.0 Å². The number of nitrogens with one attached hydrogen (secondary N) is 1. The van der Waals surface area contributed by atoms with Gasteiger partial charge in [-0.1, -0.05) is 65.8 Å². The van der Waals surface area contributed by atoms with Gasteiger partial charge in [0.2, 0.25) is 0 Å². The summed E-state index contributed by atoms with van der Waals surface area (Å²) in [5.41, 5.74) is 5.19. The SMILES string of the molecule is COc1ccc(/C=N/NC(=O)CSc2nc3ccccc3c(=O)n2-c2ccc(Cl)cc2)cc1OCc1ccccc1. The van der Waals surface area contributed by atoms with Gasteiger partial charge in [-0.3, -0.25) is 14.2 Å². The Labute approximate surface area is 245 Å². The number of rotatable bonds is 10. The zero-order valence-corrected chi connectivity index (χ0v) is 23.6. The average molecular weight is 585 g/mol. The van der Waals surface area contributed by atoms with E-state index in [0.29, 0.717) is 44.9 Å². The van der Waals surface area contributed by atoms with Crippen LogP contribution < -0.4 is 20.5 Å². The Bertz CT molecular complexity index is 1760. The molecule has 1 aromatic heterocycles. The van der Waals surface area contributed by atoms with Crippen LogP contribution in [0.1, 0.15) is 11.1 Å². The molecule has 4 aromatic carbocycles. The summed E-state index contributed by atoms with van der Waals surface area (Å²) in [5.74, 6) is 0.785. The third-order valence-electron chi connectivity index (χ3n) is 5.99. The summed E-state index contributed by atoms with van der Waals surface area (Å²) in [6.45, 7) is 0.385. The molecule has 206 valence electrons. The van der Waals surface area contributed by atoms with E-state index < -0.39 is 0 Å². The summed E-state index contributed by atoms with van der Waals surface area (Å²) in [4.78, 5) is 30.6. The van der Waals surface area contributed by atoms with Crippen molar-refractivity contribution in [3.8, 4) is 17.2 Å². The number of carbonyl (C=O) groups is 1. The Morgan fingerprint density at radius 3 is 2.54 bits per heavy atom. The van der Waals surface area contributed by atoms with Gasteiger partial charge in [-0.2, -0.15) is 5.10 Å². The number of nitrogens with zero attached hydrogens (tertiary/aromatic N) is 3. The van der Waals surface area contributed by atoms with E-state index in [1.165, 1.54) is 10.8 Å². The maximum Gasteiger partial charge on any atom is 0.266 e. The van der Waals surface area contributed by atoms with E-state index in [-0.39, 0.29) is 17.2 Å². The molecule has 1 N–H and O–H groups in total. The Kier molecular flexibility index (Phi) is 8.98. The Hall–Kier alpha value is -4.60. The molecule has 0 radical (unpaired) electrons. The zero-order chi connectivity index (χ0) is 28.6. The lowest BCUT2D eigenvalue weighted by Gasteiger charge is -2.13. The van der Waals surface area contributed by atoms with Gasteiger partial charge in [-0.05, 0) is 65.7 Å². The topological polar surface area (TPSA) is 94.8 Å². The first-order valence-corrected chi connectivity index (χ1v) is 14.0. The minimum absolute atomic E-state index is 0.0102. The third-order valence-corrected chi connectivity index (χ3v) is 7.18. The third kappa shape index (κ3) is 6.95. The number of hydrogen-bond acceptors (Lipinski definition) is 7. The molecule has 0 aliphatic carbocycles. The van der Waals surface area contributed by atoms with Crippen LogP contribution in [0, 0.1) is 0 Å². The predicted molar refractivity (Wildman–Crippen MR) is 163 cm³/mol. The second kappa shape index (κ2) is 13.2. The molecule has 0 fully saturated rings. The first-order chi connectivity index (χ1) is 20.0. The van der Waals surface area contributed by atoms with E-state index in [4.69, 9.17) is 21.1 Å². The second-order valence-electron chi connectivity index (χ2n) is 8.79. The number of thioether (sulfide) groups is 1. The van der Waals surface area contributed by atoms with Crippen LogP contribution in [0.3, 0.4) is 0 Å². The van der Waals surface area contributed by atoms with Crippen LogP contribution >= 0.6 is 23.4 Å². The summed E-state index contributed by atoms with van der Waals surface area (Å²) >= 11 is 7.18. The monoisotopic (exact) mass is 584 g/mol. The number of hydrazone groups is 1. The predicted octanol–water partition coefficient (Wildman–Crippen LogP) is 5.87. The highest BCUT2D eigenvalue weighted by Crippen LogP contribution is 2.28. The largest absolute Gasteiger partial charge is 0.493 e. The number of hydrogen-bond donors (Lipinski definition) is 1. The highest BCUT2D eigenvalue weighted by atomic mass is 35.5. The van der Waals surface area contributed by atoms with Gasteiger partial charge in [0.1, 0.15) is 6.61 Å². The lowest BCUT2D eigenvalue weighted by molar-refractivity contribution is -0.118. The highest BCUT2D eigenvalue weighted by Gasteiger charge is 2.15. The lowest BCUT2D eigenvalue weighted by atomic mass is 10.2. The molecule has 0 bridgehead atoms. The van der Waals surface area contributed by atoms with Crippen molar-refractivity contribution < 1.29 is 14.3 Å². The van der Waals surface area contributed by atoms with Crippen LogP contribution in [-0.2, 0) is 11.4 Å². The van der Waals surface area contributed by atoms with Crippen LogP contribution in [-0.4, -0.2) is 34.5 Å². The van der Waals surface area contributed by atoms with E-state index >= 15 is 0 Å². The van der Waals surface area contributed by atoms with E-state index in [1.54, 1.807) is 61.7 Å². The van der Waals surface area contributed by atoms with Gasteiger partial charge in [0.05, 0.1) is 35.7 Å². The van der Waals surface area contributed by atoms with Gasteiger partial charge in [0.25, 0.3) is 11.5 Å².